The first-order valence-electron chi connectivity index (χ1n) is 8.76. The molecule has 2 aliphatic rings. The van der Waals surface area contributed by atoms with Crippen LogP contribution < -0.4 is 9.47 Å². The molecule has 3 rings (SSSR count). The molecule has 5 nitrogen and oxygen atoms in total. The van der Waals surface area contributed by atoms with Gasteiger partial charge in [-0.3, -0.25) is 0 Å². The Kier molecular flexibility index (Phi) is 5.64. The van der Waals surface area contributed by atoms with Crippen LogP contribution in [0.15, 0.2) is 12.1 Å². The van der Waals surface area contributed by atoms with E-state index in [4.69, 9.17) is 24.1 Å². The van der Waals surface area contributed by atoms with Crippen molar-refractivity contribution in [2.45, 2.75) is 38.2 Å². The molecule has 0 bridgehead atoms. The first-order chi connectivity index (χ1) is 11.7. The van der Waals surface area contributed by atoms with Crippen molar-refractivity contribution in [2.75, 3.05) is 40.6 Å². The zero-order valence-corrected chi connectivity index (χ0v) is 14.7. The summed E-state index contributed by atoms with van der Waals surface area (Å²) in [5.74, 6) is 1.48. The Morgan fingerprint density at radius 3 is 2.54 bits per heavy atom. The molecule has 1 aliphatic heterocycles. The lowest BCUT2D eigenvalue weighted by Gasteiger charge is -2.27. The van der Waals surface area contributed by atoms with Gasteiger partial charge in [-0.25, -0.2) is 0 Å². The maximum absolute atomic E-state index is 8.96. The SMILES string of the molecule is COc1cc2c(cc1OC)C(COCCO)OCC1(CCCC1)C2. The predicted octanol–water partition coefficient (Wildman–Crippen LogP) is 2.89. The Morgan fingerprint density at radius 2 is 1.88 bits per heavy atom. The Morgan fingerprint density at radius 1 is 1.17 bits per heavy atom. The first-order valence-corrected chi connectivity index (χ1v) is 8.76. The number of aliphatic hydroxyl groups excluding tert-OH is 1. The molecule has 1 heterocycles. The standard InChI is InChI=1S/C19H28O5/c1-21-16-9-14-11-19(5-3-4-6-19)13-24-18(12-23-8-7-20)15(14)10-17(16)22-2/h9-10,18,20H,3-8,11-13H2,1-2H3. The highest BCUT2D eigenvalue weighted by atomic mass is 16.5. The summed E-state index contributed by atoms with van der Waals surface area (Å²) in [7, 11) is 3.32. The molecule has 1 aliphatic carbocycles. The summed E-state index contributed by atoms with van der Waals surface area (Å²) in [4.78, 5) is 0. The zero-order chi connectivity index (χ0) is 17.0. The van der Waals surface area contributed by atoms with Crippen LogP contribution in [-0.2, 0) is 15.9 Å². The number of ether oxygens (including phenoxy) is 4. The Balaban J connectivity index is 1.94. The third-order valence-electron chi connectivity index (χ3n) is 5.32. The molecule has 0 amide bonds. The van der Waals surface area contributed by atoms with Crippen LogP contribution in [0.2, 0.25) is 0 Å². The van der Waals surface area contributed by atoms with Crippen LogP contribution in [0.25, 0.3) is 0 Å². The second-order valence-electron chi connectivity index (χ2n) is 6.89. The number of hydrogen-bond donors (Lipinski definition) is 1. The van der Waals surface area contributed by atoms with E-state index < -0.39 is 0 Å². The van der Waals surface area contributed by atoms with Gasteiger partial charge in [-0.05, 0) is 47.9 Å². The van der Waals surface area contributed by atoms with E-state index in [1.165, 1.54) is 31.2 Å². The van der Waals surface area contributed by atoms with Crippen LogP contribution in [0.4, 0.5) is 0 Å². The van der Waals surface area contributed by atoms with Gasteiger partial charge in [-0.1, -0.05) is 12.8 Å². The molecule has 1 N–H and O–H groups in total. The highest BCUT2D eigenvalue weighted by molar-refractivity contribution is 5.49. The Bertz CT molecular complexity index is 551. The fourth-order valence-corrected chi connectivity index (χ4v) is 4.05. The van der Waals surface area contributed by atoms with Crippen molar-refractivity contribution in [1.82, 2.24) is 0 Å². The molecular formula is C19H28O5. The minimum Gasteiger partial charge on any atom is -0.493 e. The maximum atomic E-state index is 8.96. The molecule has 1 spiro atoms. The second kappa shape index (κ2) is 7.72. The van der Waals surface area contributed by atoms with Crippen molar-refractivity contribution in [1.29, 1.82) is 0 Å². The van der Waals surface area contributed by atoms with Crippen LogP contribution in [0.1, 0.15) is 42.9 Å². The Labute approximate surface area is 143 Å². The van der Waals surface area contributed by atoms with Gasteiger partial charge < -0.3 is 24.1 Å². The molecule has 1 fully saturated rings. The van der Waals surface area contributed by atoms with E-state index in [0.717, 1.165) is 30.1 Å². The average molecular weight is 336 g/mol. The molecule has 0 aromatic heterocycles. The lowest BCUT2D eigenvalue weighted by molar-refractivity contribution is -0.0501. The van der Waals surface area contributed by atoms with Crippen LogP contribution in [0, 0.1) is 5.41 Å². The smallest absolute Gasteiger partial charge is 0.161 e. The van der Waals surface area contributed by atoms with Gasteiger partial charge in [0.05, 0.1) is 40.6 Å². The third kappa shape index (κ3) is 3.53. The third-order valence-corrected chi connectivity index (χ3v) is 5.32. The fraction of sp³-hybridized carbons (Fsp3) is 0.684. The summed E-state index contributed by atoms with van der Waals surface area (Å²) in [6, 6.07) is 4.12. The zero-order valence-electron chi connectivity index (χ0n) is 14.7. The van der Waals surface area contributed by atoms with Gasteiger partial charge in [-0.2, -0.15) is 0 Å². The van der Waals surface area contributed by atoms with Crippen LogP contribution in [0.3, 0.4) is 0 Å². The molecule has 24 heavy (non-hydrogen) atoms. The molecule has 134 valence electrons. The van der Waals surface area contributed by atoms with E-state index in [1.807, 2.05) is 6.07 Å². The van der Waals surface area contributed by atoms with E-state index in [1.54, 1.807) is 14.2 Å². The number of methoxy groups -OCH3 is 2. The van der Waals surface area contributed by atoms with Gasteiger partial charge >= 0.3 is 0 Å². The van der Waals surface area contributed by atoms with Gasteiger partial charge in [-0.15, -0.1) is 0 Å². The van der Waals surface area contributed by atoms with Crippen LogP contribution >= 0.6 is 0 Å². The van der Waals surface area contributed by atoms with Crippen molar-refractivity contribution in [2.24, 2.45) is 5.41 Å². The van der Waals surface area contributed by atoms with E-state index in [2.05, 4.69) is 6.07 Å². The van der Waals surface area contributed by atoms with Crippen molar-refractivity contribution in [3.05, 3.63) is 23.3 Å². The van der Waals surface area contributed by atoms with Gasteiger partial charge in [0.1, 0.15) is 6.10 Å². The molecule has 1 atom stereocenters. The fourth-order valence-electron chi connectivity index (χ4n) is 4.05. The first kappa shape index (κ1) is 17.5. The molecule has 1 aromatic carbocycles. The molecule has 1 saturated carbocycles. The second-order valence-corrected chi connectivity index (χ2v) is 6.89. The number of aliphatic hydroxyl groups is 1. The molecule has 0 radical (unpaired) electrons. The molecule has 1 aromatic rings. The van der Waals surface area contributed by atoms with Crippen molar-refractivity contribution in [3.8, 4) is 11.5 Å². The minimum absolute atomic E-state index is 0.0233. The van der Waals surface area contributed by atoms with E-state index in [9.17, 15) is 0 Å². The topological polar surface area (TPSA) is 57.2 Å². The lowest BCUT2D eigenvalue weighted by Crippen LogP contribution is -2.25. The van der Waals surface area contributed by atoms with Gasteiger partial charge in [0.25, 0.3) is 0 Å². The average Bonchev–Trinajstić information content (AvgIpc) is 3.00. The van der Waals surface area contributed by atoms with Crippen LogP contribution in [-0.4, -0.2) is 45.8 Å². The summed E-state index contributed by atoms with van der Waals surface area (Å²) in [5, 5.41) is 8.96. The number of hydrogen-bond acceptors (Lipinski definition) is 5. The summed E-state index contributed by atoms with van der Waals surface area (Å²) >= 11 is 0. The quantitative estimate of drug-likeness (QED) is 0.810. The van der Waals surface area contributed by atoms with Gasteiger partial charge in [0, 0.05) is 0 Å². The lowest BCUT2D eigenvalue weighted by atomic mass is 9.80. The monoisotopic (exact) mass is 336 g/mol. The van der Waals surface area contributed by atoms with Gasteiger partial charge in [0.2, 0.25) is 0 Å². The van der Waals surface area contributed by atoms with Crippen molar-refractivity contribution >= 4 is 0 Å². The number of fused-ring (bicyclic) bond motifs is 1. The van der Waals surface area contributed by atoms with Crippen LogP contribution in [0.5, 0.6) is 11.5 Å². The molecule has 1 unspecified atom stereocenters. The normalized spacial score (nSPS) is 22.2. The highest BCUT2D eigenvalue weighted by Gasteiger charge is 2.39. The van der Waals surface area contributed by atoms with Gasteiger partial charge in [0.15, 0.2) is 11.5 Å². The van der Waals surface area contributed by atoms with E-state index >= 15 is 0 Å². The Hall–Kier alpha value is -1.30. The summed E-state index contributed by atoms with van der Waals surface area (Å²) < 4.78 is 22.8. The van der Waals surface area contributed by atoms with Crippen molar-refractivity contribution < 1.29 is 24.1 Å². The maximum Gasteiger partial charge on any atom is 0.161 e. The predicted molar refractivity (Wildman–Crippen MR) is 90.7 cm³/mol. The summed E-state index contributed by atoms with van der Waals surface area (Å²) in [6.45, 7) is 1.56. The number of rotatable bonds is 6. The van der Waals surface area contributed by atoms with Crippen molar-refractivity contribution in [3.63, 3.8) is 0 Å². The van der Waals surface area contributed by atoms with E-state index in [-0.39, 0.29) is 18.1 Å². The largest absolute Gasteiger partial charge is 0.493 e. The summed E-state index contributed by atoms with van der Waals surface area (Å²) in [6.07, 6.45) is 5.86. The molecule has 5 heteroatoms. The molecule has 0 saturated heterocycles. The number of benzene rings is 1. The summed E-state index contributed by atoms with van der Waals surface area (Å²) in [5.41, 5.74) is 2.62. The molecular weight excluding hydrogens is 308 g/mol. The highest BCUT2D eigenvalue weighted by Crippen LogP contribution is 2.47. The minimum atomic E-state index is -0.133. The van der Waals surface area contributed by atoms with E-state index in [0.29, 0.717) is 13.2 Å².